The first-order chi connectivity index (χ1) is 8.43. The largest absolute Gasteiger partial charge is 0.463 e. The van der Waals surface area contributed by atoms with Crippen LogP contribution in [0, 0.1) is 11.8 Å². The van der Waals surface area contributed by atoms with E-state index in [0.29, 0.717) is 19.0 Å². The average molecular weight is 259 g/mol. The predicted molar refractivity (Wildman–Crippen MR) is 63.6 cm³/mol. The van der Waals surface area contributed by atoms with E-state index in [-0.39, 0.29) is 18.9 Å². The number of rotatable bonds is 6. The van der Waals surface area contributed by atoms with Gasteiger partial charge in [0.1, 0.15) is 12.7 Å². The number of amides is 1. The van der Waals surface area contributed by atoms with E-state index in [1.807, 2.05) is 13.8 Å². The standard InChI is InChI=1S/C12H21NO5/c1-8(2)4-13-5-9(3-11(13)16)12(17)18-7-10(15)6-14/h8-10,14-15H,3-7H2,1-2H3. The summed E-state index contributed by atoms with van der Waals surface area (Å²) in [7, 11) is 0. The molecule has 1 heterocycles. The third kappa shape index (κ3) is 4.27. The van der Waals surface area contributed by atoms with E-state index >= 15 is 0 Å². The highest BCUT2D eigenvalue weighted by Gasteiger charge is 2.35. The fraction of sp³-hybridized carbons (Fsp3) is 0.833. The molecular formula is C12H21NO5. The molecule has 1 fully saturated rings. The number of likely N-dealkylation sites (tertiary alicyclic amines) is 1. The van der Waals surface area contributed by atoms with Crippen LogP contribution in [0.15, 0.2) is 0 Å². The molecule has 0 bridgehead atoms. The van der Waals surface area contributed by atoms with Crippen LogP contribution < -0.4 is 0 Å². The van der Waals surface area contributed by atoms with Crippen molar-refractivity contribution in [3.63, 3.8) is 0 Å². The Labute approximate surface area is 107 Å². The minimum Gasteiger partial charge on any atom is -0.463 e. The van der Waals surface area contributed by atoms with E-state index in [1.165, 1.54) is 0 Å². The Kier molecular flexibility index (Phi) is 5.55. The van der Waals surface area contributed by atoms with Crippen molar-refractivity contribution in [2.75, 3.05) is 26.3 Å². The number of aliphatic hydroxyl groups excluding tert-OH is 2. The molecule has 0 saturated carbocycles. The van der Waals surface area contributed by atoms with E-state index in [4.69, 9.17) is 14.9 Å². The summed E-state index contributed by atoms with van der Waals surface area (Å²) in [4.78, 5) is 25.0. The molecule has 0 aromatic rings. The highest BCUT2D eigenvalue weighted by molar-refractivity contribution is 5.86. The molecule has 2 unspecified atom stereocenters. The lowest BCUT2D eigenvalue weighted by molar-refractivity contribution is -0.152. The lowest BCUT2D eigenvalue weighted by Gasteiger charge is -2.18. The molecule has 2 atom stereocenters. The molecule has 2 N–H and O–H groups in total. The summed E-state index contributed by atoms with van der Waals surface area (Å²) < 4.78 is 4.85. The van der Waals surface area contributed by atoms with Crippen LogP contribution in [0.4, 0.5) is 0 Å². The smallest absolute Gasteiger partial charge is 0.311 e. The fourth-order valence-corrected chi connectivity index (χ4v) is 1.90. The van der Waals surface area contributed by atoms with Crippen molar-refractivity contribution in [1.29, 1.82) is 0 Å². The van der Waals surface area contributed by atoms with Gasteiger partial charge in [-0.15, -0.1) is 0 Å². The maximum Gasteiger partial charge on any atom is 0.311 e. The quantitative estimate of drug-likeness (QED) is 0.621. The van der Waals surface area contributed by atoms with Gasteiger partial charge in [-0.3, -0.25) is 9.59 Å². The molecule has 0 aromatic carbocycles. The Morgan fingerprint density at radius 2 is 2.22 bits per heavy atom. The minimum atomic E-state index is -1.06. The van der Waals surface area contributed by atoms with Crippen molar-refractivity contribution in [1.82, 2.24) is 4.90 Å². The predicted octanol–water partition coefficient (Wildman–Crippen LogP) is -0.613. The number of hydrogen-bond acceptors (Lipinski definition) is 5. The molecular weight excluding hydrogens is 238 g/mol. The molecule has 1 aliphatic rings. The Balaban J connectivity index is 2.40. The van der Waals surface area contributed by atoms with Crippen LogP contribution in [0.25, 0.3) is 0 Å². The molecule has 104 valence electrons. The van der Waals surface area contributed by atoms with Crippen molar-refractivity contribution in [2.45, 2.75) is 26.4 Å². The van der Waals surface area contributed by atoms with E-state index in [0.717, 1.165) is 0 Å². The second kappa shape index (κ2) is 6.70. The minimum absolute atomic E-state index is 0.0339. The summed E-state index contributed by atoms with van der Waals surface area (Å²) in [5, 5.41) is 17.7. The van der Waals surface area contributed by atoms with E-state index in [9.17, 15) is 9.59 Å². The Morgan fingerprint density at radius 3 is 2.78 bits per heavy atom. The van der Waals surface area contributed by atoms with Crippen LogP contribution in [-0.4, -0.2) is 59.4 Å². The number of hydrogen-bond donors (Lipinski definition) is 2. The molecule has 1 aliphatic heterocycles. The molecule has 1 saturated heterocycles. The molecule has 0 aromatic heterocycles. The number of ether oxygens (including phenoxy) is 1. The summed E-state index contributed by atoms with van der Waals surface area (Å²) >= 11 is 0. The van der Waals surface area contributed by atoms with Gasteiger partial charge < -0.3 is 19.8 Å². The zero-order chi connectivity index (χ0) is 13.7. The third-order valence-corrected chi connectivity index (χ3v) is 2.76. The second-order valence-electron chi connectivity index (χ2n) is 5.06. The van der Waals surface area contributed by atoms with Crippen molar-refractivity contribution in [3.05, 3.63) is 0 Å². The maximum absolute atomic E-state index is 11.6. The highest BCUT2D eigenvalue weighted by Crippen LogP contribution is 2.20. The van der Waals surface area contributed by atoms with Crippen molar-refractivity contribution in [2.24, 2.45) is 11.8 Å². The van der Waals surface area contributed by atoms with Gasteiger partial charge >= 0.3 is 5.97 Å². The van der Waals surface area contributed by atoms with Gasteiger partial charge in [0.05, 0.1) is 12.5 Å². The first-order valence-corrected chi connectivity index (χ1v) is 6.17. The number of aliphatic hydroxyl groups is 2. The summed E-state index contributed by atoms with van der Waals surface area (Å²) in [6.45, 7) is 4.36. The third-order valence-electron chi connectivity index (χ3n) is 2.76. The number of esters is 1. The van der Waals surface area contributed by atoms with Gasteiger partial charge in [0, 0.05) is 19.5 Å². The van der Waals surface area contributed by atoms with Gasteiger partial charge in [0.25, 0.3) is 0 Å². The van der Waals surface area contributed by atoms with Crippen LogP contribution in [0.2, 0.25) is 0 Å². The van der Waals surface area contributed by atoms with E-state index < -0.39 is 24.6 Å². The van der Waals surface area contributed by atoms with Gasteiger partial charge in [-0.25, -0.2) is 0 Å². The van der Waals surface area contributed by atoms with Crippen LogP contribution in [0.5, 0.6) is 0 Å². The summed E-state index contributed by atoms with van der Waals surface area (Å²) in [6, 6.07) is 0. The summed E-state index contributed by atoms with van der Waals surface area (Å²) in [5.74, 6) is -0.613. The van der Waals surface area contributed by atoms with Crippen molar-refractivity contribution >= 4 is 11.9 Å². The normalized spacial score (nSPS) is 21.5. The number of nitrogens with zero attached hydrogens (tertiary/aromatic N) is 1. The van der Waals surface area contributed by atoms with Crippen molar-refractivity contribution in [3.8, 4) is 0 Å². The monoisotopic (exact) mass is 259 g/mol. The van der Waals surface area contributed by atoms with Crippen LogP contribution in [0.1, 0.15) is 20.3 Å². The lowest BCUT2D eigenvalue weighted by atomic mass is 10.1. The van der Waals surface area contributed by atoms with Crippen LogP contribution >= 0.6 is 0 Å². The molecule has 6 heteroatoms. The molecule has 18 heavy (non-hydrogen) atoms. The van der Waals surface area contributed by atoms with Crippen LogP contribution in [0.3, 0.4) is 0 Å². The SMILES string of the molecule is CC(C)CN1CC(C(=O)OCC(O)CO)CC1=O. The maximum atomic E-state index is 11.6. The Hall–Kier alpha value is -1.14. The lowest BCUT2D eigenvalue weighted by Crippen LogP contribution is -2.31. The summed E-state index contributed by atoms with van der Waals surface area (Å²) in [5.41, 5.74) is 0. The van der Waals surface area contributed by atoms with Crippen molar-refractivity contribution < 1.29 is 24.5 Å². The molecule has 1 rings (SSSR count). The van der Waals surface area contributed by atoms with Gasteiger partial charge in [0.2, 0.25) is 5.91 Å². The van der Waals surface area contributed by atoms with Gasteiger partial charge in [-0.05, 0) is 5.92 Å². The second-order valence-corrected chi connectivity index (χ2v) is 5.06. The zero-order valence-electron chi connectivity index (χ0n) is 10.8. The van der Waals surface area contributed by atoms with Gasteiger partial charge in [-0.2, -0.15) is 0 Å². The number of carbonyl (C=O) groups is 2. The van der Waals surface area contributed by atoms with Crippen LogP contribution in [-0.2, 0) is 14.3 Å². The highest BCUT2D eigenvalue weighted by atomic mass is 16.5. The Bertz CT molecular complexity index is 305. The molecule has 0 radical (unpaired) electrons. The fourth-order valence-electron chi connectivity index (χ4n) is 1.90. The Morgan fingerprint density at radius 1 is 1.56 bits per heavy atom. The van der Waals surface area contributed by atoms with Gasteiger partial charge in [-0.1, -0.05) is 13.8 Å². The van der Waals surface area contributed by atoms with E-state index in [2.05, 4.69) is 0 Å². The zero-order valence-corrected chi connectivity index (χ0v) is 10.8. The van der Waals surface area contributed by atoms with Gasteiger partial charge in [0.15, 0.2) is 0 Å². The first kappa shape index (κ1) is 14.9. The summed E-state index contributed by atoms with van der Waals surface area (Å²) in [6.07, 6.45) is -0.890. The molecule has 0 aliphatic carbocycles. The first-order valence-electron chi connectivity index (χ1n) is 6.17. The van der Waals surface area contributed by atoms with E-state index in [1.54, 1.807) is 4.90 Å². The molecule has 6 nitrogen and oxygen atoms in total. The molecule has 0 spiro atoms. The number of carbonyl (C=O) groups excluding carboxylic acids is 2. The average Bonchev–Trinajstić information content (AvgIpc) is 2.66. The topological polar surface area (TPSA) is 87.1 Å². The molecule has 1 amide bonds.